The van der Waals surface area contributed by atoms with E-state index in [0.717, 1.165) is 34.9 Å². The average Bonchev–Trinajstić information content (AvgIpc) is 3.09. The monoisotopic (exact) mass is 416 g/mol. The molecule has 0 saturated carbocycles. The van der Waals surface area contributed by atoms with Gasteiger partial charge in [-0.05, 0) is 43.4 Å². The van der Waals surface area contributed by atoms with Gasteiger partial charge in [-0.25, -0.2) is 0 Å². The Morgan fingerprint density at radius 2 is 1.90 bits per heavy atom. The number of ether oxygens (including phenoxy) is 3. The molecular formula is C21H26N3O4S+. The van der Waals surface area contributed by atoms with Crippen molar-refractivity contribution in [2.75, 3.05) is 27.9 Å². The van der Waals surface area contributed by atoms with E-state index < -0.39 is 0 Å². The van der Waals surface area contributed by atoms with Crippen LogP contribution >= 0.6 is 12.2 Å². The van der Waals surface area contributed by atoms with Crippen molar-refractivity contribution in [1.29, 1.82) is 0 Å². The van der Waals surface area contributed by atoms with Crippen LogP contribution in [-0.4, -0.2) is 37.7 Å². The Morgan fingerprint density at radius 1 is 1.10 bits per heavy atom. The maximum Gasteiger partial charge on any atom is 0.292 e. The number of quaternary nitrogens is 1. The fraction of sp³-hybridized carbons (Fsp3) is 0.333. The Hall–Kier alpha value is -2.84. The van der Waals surface area contributed by atoms with Crippen molar-refractivity contribution in [3.8, 4) is 28.7 Å². The highest BCUT2D eigenvalue weighted by molar-refractivity contribution is 7.71. The van der Waals surface area contributed by atoms with E-state index in [1.807, 2.05) is 49.4 Å². The lowest BCUT2D eigenvalue weighted by Gasteiger charge is -2.16. The first-order valence-corrected chi connectivity index (χ1v) is 9.78. The van der Waals surface area contributed by atoms with Crippen LogP contribution in [0.25, 0.3) is 11.5 Å². The summed E-state index contributed by atoms with van der Waals surface area (Å²) in [5.74, 6) is 2.73. The molecule has 0 spiro atoms. The van der Waals surface area contributed by atoms with Crippen LogP contribution in [-0.2, 0) is 13.2 Å². The van der Waals surface area contributed by atoms with Crippen LogP contribution in [0.2, 0.25) is 0 Å². The van der Waals surface area contributed by atoms with Gasteiger partial charge in [0, 0.05) is 11.6 Å². The predicted molar refractivity (Wildman–Crippen MR) is 112 cm³/mol. The van der Waals surface area contributed by atoms with Crippen molar-refractivity contribution in [3.05, 3.63) is 52.9 Å². The lowest BCUT2D eigenvalue weighted by molar-refractivity contribution is -0.917. The van der Waals surface area contributed by atoms with Gasteiger partial charge < -0.3 is 23.5 Å². The molecule has 29 heavy (non-hydrogen) atoms. The van der Waals surface area contributed by atoms with Gasteiger partial charge in [-0.3, -0.25) is 0 Å². The maximum absolute atomic E-state index is 5.75. The third-order valence-corrected chi connectivity index (χ3v) is 4.72. The van der Waals surface area contributed by atoms with E-state index >= 15 is 0 Å². The van der Waals surface area contributed by atoms with Crippen molar-refractivity contribution in [2.45, 2.75) is 20.1 Å². The summed E-state index contributed by atoms with van der Waals surface area (Å²) >= 11 is 5.38. The quantitative estimate of drug-likeness (QED) is 0.541. The highest BCUT2D eigenvalue weighted by Crippen LogP contribution is 2.28. The highest BCUT2D eigenvalue weighted by Gasteiger charge is 2.16. The number of hydrogen-bond donors (Lipinski definition) is 1. The first kappa shape index (κ1) is 20.9. The minimum absolute atomic E-state index is 0.326. The maximum atomic E-state index is 5.75. The molecule has 1 heterocycles. The van der Waals surface area contributed by atoms with Crippen LogP contribution in [0.15, 0.2) is 46.9 Å². The lowest BCUT2D eigenvalue weighted by atomic mass is 10.2. The minimum atomic E-state index is 0.326. The Morgan fingerprint density at radius 3 is 2.62 bits per heavy atom. The molecule has 0 fully saturated rings. The molecule has 1 atom stereocenters. The van der Waals surface area contributed by atoms with E-state index in [2.05, 4.69) is 12.1 Å². The van der Waals surface area contributed by atoms with E-state index in [4.69, 9.17) is 30.8 Å². The first-order chi connectivity index (χ1) is 14.0. The second-order valence-corrected chi connectivity index (χ2v) is 6.92. The summed E-state index contributed by atoms with van der Waals surface area (Å²) in [6.45, 7) is 3.78. The molecule has 0 radical (unpaired) electrons. The van der Waals surface area contributed by atoms with Gasteiger partial charge in [-0.1, -0.05) is 12.1 Å². The molecule has 2 aromatic carbocycles. The first-order valence-electron chi connectivity index (χ1n) is 9.38. The Bertz CT molecular complexity index is 1020. The average molecular weight is 417 g/mol. The summed E-state index contributed by atoms with van der Waals surface area (Å²) < 4.78 is 23.9. The third-order valence-electron chi connectivity index (χ3n) is 4.43. The summed E-state index contributed by atoms with van der Waals surface area (Å²) in [7, 11) is 5.36. The molecular weight excluding hydrogens is 390 g/mol. The van der Waals surface area contributed by atoms with E-state index in [1.165, 1.54) is 4.90 Å². The van der Waals surface area contributed by atoms with Gasteiger partial charge in [0.1, 0.15) is 23.8 Å². The van der Waals surface area contributed by atoms with Crippen molar-refractivity contribution < 1.29 is 23.5 Å². The number of rotatable bonds is 9. The Balaban J connectivity index is 1.77. The van der Waals surface area contributed by atoms with Crippen molar-refractivity contribution >= 4 is 12.2 Å². The number of benzene rings is 2. The molecule has 7 nitrogen and oxygen atoms in total. The van der Waals surface area contributed by atoms with Gasteiger partial charge in [0.15, 0.2) is 6.67 Å². The zero-order valence-corrected chi connectivity index (χ0v) is 17.9. The van der Waals surface area contributed by atoms with Crippen LogP contribution in [0, 0.1) is 4.84 Å². The predicted octanol–water partition coefficient (Wildman–Crippen LogP) is 2.96. The number of para-hydroxylation sites is 1. The summed E-state index contributed by atoms with van der Waals surface area (Å²) in [5.41, 5.74) is 1.86. The molecule has 3 rings (SSSR count). The van der Waals surface area contributed by atoms with Crippen LogP contribution in [0.5, 0.6) is 17.2 Å². The summed E-state index contributed by atoms with van der Waals surface area (Å²) in [6.07, 6.45) is 0. The van der Waals surface area contributed by atoms with Gasteiger partial charge in [-0.2, -0.15) is 4.68 Å². The molecule has 0 aliphatic carbocycles. The van der Waals surface area contributed by atoms with Gasteiger partial charge in [-0.15, -0.1) is 5.10 Å². The molecule has 8 heteroatoms. The molecule has 154 valence electrons. The van der Waals surface area contributed by atoms with Crippen molar-refractivity contribution in [2.24, 2.45) is 0 Å². The molecule has 0 amide bonds. The highest BCUT2D eigenvalue weighted by atomic mass is 32.1. The lowest BCUT2D eigenvalue weighted by Crippen LogP contribution is -3.07. The largest absolute Gasteiger partial charge is 0.497 e. The minimum Gasteiger partial charge on any atom is -0.497 e. The molecule has 1 unspecified atom stereocenters. The van der Waals surface area contributed by atoms with E-state index in [1.54, 1.807) is 18.9 Å². The standard InChI is InChI=1S/C21H25N3O4S/c1-5-27-18-9-7-6-8-17(18)20-22-24(21(29)28-20)14-23(2)13-15-10-11-16(25-3)12-19(15)26-4/h6-12H,5,13-14H2,1-4H3/p+1. The fourth-order valence-electron chi connectivity index (χ4n) is 3.07. The Kier molecular flexibility index (Phi) is 6.90. The summed E-state index contributed by atoms with van der Waals surface area (Å²) in [6, 6.07) is 13.5. The zero-order chi connectivity index (χ0) is 20.8. The number of nitrogens with one attached hydrogen (secondary N) is 1. The van der Waals surface area contributed by atoms with Crippen LogP contribution < -0.4 is 19.1 Å². The second-order valence-electron chi connectivity index (χ2n) is 6.57. The normalized spacial score (nSPS) is 11.9. The van der Waals surface area contributed by atoms with E-state index in [-0.39, 0.29) is 0 Å². The van der Waals surface area contributed by atoms with E-state index in [0.29, 0.717) is 24.0 Å². The smallest absolute Gasteiger partial charge is 0.292 e. The number of nitrogens with zero attached hydrogens (tertiary/aromatic N) is 2. The van der Waals surface area contributed by atoms with Crippen LogP contribution in [0.3, 0.4) is 0 Å². The van der Waals surface area contributed by atoms with Crippen molar-refractivity contribution in [3.63, 3.8) is 0 Å². The zero-order valence-electron chi connectivity index (χ0n) is 17.1. The molecule has 3 aromatic rings. The van der Waals surface area contributed by atoms with Crippen molar-refractivity contribution in [1.82, 2.24) is 9.78 Å². The molecule has 0 aliphatic heterocycles. The molecule has 0 bridgehead atoms. The molecule has 0 aliphatic rings. The number of hydrogen-bond acceptors (Lipinski definition) is 6. The van der Waals surface area contributed by atoms with Crippen LogP contribution in [0.4, 0.5) is 0 Å². The summed E-state index contributed by atoms with van der Waals surface area (Å²) in [4.78, 5) is 1.50. The second kappa shape index (κ2) is 9.58. The van der Waals surface area contributed by atoms with Gasteiger partial charge in [0.2, 0.25) is 0 Å². The number of methoxy groups -OCH3 is 2. The topological polar surface area (TPSA) is 63.1 Å². The van der Waals surface area contributed by atoms with Gasteiger partial charge in [0.25, 0.3) is 10.7 Å². The number of aromatic nitrogens is 2. The Labute approximate surface area is 175 Å². The van der Waals surface area contributed by atoms with E-state index in [9.17, 15) is 0 Å². The molecule has 0 saturated heterocycles. The van der Waals surface area contributed by atoms with Gasteiger partial charge >= 0.3 is 0 Å². The molecule has 1 N–H and O–H groups in total. The summed E-state index contributed by atoms with van der Waals surface area (Å²) in [5, 5.41) is 4.57. The fourth-order valence-corrected chi connectivity index (χ4v) is 3.26. The van der Waals surface area contributed by atoms with Gasteiger partial charge in [0.05, 0.1) is 33.4 Å². The third kappa shape index (κ3) is 4.96. The molecule has 1 aromatic heterocycles. The SMILES string of the molecule is CCOc1ccccc1-c1nn(C[NH+](C)Cc2ccc(OC)cc2OC)c(=S)o1. The van der Waals surface area contributed by atoms with Crippen LogP contribution in [0.1, 0.15) is 12.5 Å².